The number of fused-ring (bicyclic) bond motifs is 1. The van der Waals surface area contributed by atoms with Crippen molar-refractivity contribution in [2.75, 3.05) is 13.7 Å². The summed E-state index contributed by atoms with van der Waals surface area (Å²) in [5, 5.41) is 6.65. The van der Waals surface area contributed by atoms with Crippen LogP contribution in [0.15, 0.2) is 53.1 Å². The first kappa shape index (κ1) is 16.9. The third kappa shape index (κ3) is 3.69. The first-order chi connectivity index (χ1) is 13.2. The number of carbonyl (C=O) groups is 1. The van der Waals surface area contributed by atoms with Crippen LogP contribution in [0.2, 0.25) is 0 Å². The quantitative estimate of drug-likeness (QED) is 0.738. The second-order valence-electron chi connectivity index (χ2n) is 5.82. The van der Waals surface area contributed by atoms with Crippen LogP contribution < -0.4 is 19.5 Å². The molecule has 27 heavy (non-hydrogen) atoms. The van der Waals surface area contributed by atoms with E-state index in [2.05, 4.69) is 15.5 Å². The molecule has 0 aliphatic carbocycles. The number of hydrogen-bond donors (Lipinski definition) is 1. The lowest BCUT2D eigenvalue weighted by Crippen LogP contribution is -2.43. The van der Waals surface area contributed by atoms with E-state index < -0.39 is 6.10 Å². The van der Waals surface area contributed by atoms with Crippen LogP contribution in [0.25, 0.3) is 11.4 Å². The summed E-state index contributed by atoms with van der Waals surface area (Å²) < 4.78 is 21.5. The Hall–Kier alpha value is -3.55. The molecule has 1 aliphatic heterocycles. The molecule has 0 radical (unpaired) electrons. The van der Waals surface area contributed by atoms with Gasteiger partial charge in [0.1, 0.15) is 12.4 Å². The van der Waals surface area contributed by atoms with Crippen molar-refractivity contribution < 1.29 is 23.5 Å². The van der Waals surface area contributed by atoms with E-state index in [-0.39, 0.29) is 19.1 Å². The Labute approximate surface area is 155 Å². The lowest BCUT2D eigenvalue weighted by atomic mass is 10.2. The fraction of sp³-hybridized carbons (Fsp3) is 0.211. The Kier molecular flexibility index (Phi) is 4.61. The zero-order chi connectivity index (χ0) is 18.6. The maximum atomic E-state index is 12.3. The van der Waals surface area contributed by atoms with Crippen LogP contribution in [-0.4, -0.2) is 35.9 Å². The van der Waals surface area contributed by atoms with Crippen LogP contribution in [0.4, 0.5) is 0 Å². The fourth-order valence-corrected chi connectivity index (χ4v) is 2.61. The van der Waals surface area contributed by atoms with Gasteiger partial charge in [-0.15, -0.1) is 0 Å². The minimum absolute atomic E-state index is 0.101. The predicted molar refractivity (Wildman–Crippen MR) is 94.5 cm³/mol. The first-order valence-electron chi connectivity index (χ1n) is 8.36. The molecule has 3 aromatic rings. The number of ether oxygens (including phenoxy) is 3. The molecule has 0 bridgehead atoms. The molecule has 138 valence electrons. The number of carbonyl (C=O) groups excluding carboxylic acids is 1. The van der Waals surface area contributed by atoms with Crippen molar-refractivity contribution in [2.45, 2.75) is 12.6 Å². The molecule has 0 spiro atoms. The van der Waals surface area contributed by atoms with Crippen molar-refractivity contribution in [3.63, 3.8) is 0 Å². The zero-order valence-corrected chi connectivity index (χ0v) is 14.5. The maximum absolute atomic E-state index is 12.3. The zero-order valence-electron chi connectivity index (χ0n) is 14.5. The highest BCUT2D eigenvalue weighted by atomic mass is 16.6. The smallest absolute Gasteiger partial charge is 0.265 e. The molecule has 1 atom stereocenters. The molecule has 0 unspecified atom stereocenters. The summed E-state index contributed by atoms with van der Waals surface area (Å²) >= 11 is 0. The van der Waals surface area contributed by atoms with Gasteiger partial charge in [-0.25, -0.2) is 0 Å². The number of rotatable bonds is 5. The third-order valence-electron chi connectivity index (χ3n) is 4.03. The largest absolute Gasteiger partial charge is 0.497 e. The number of methoxy groups -OCH3 is 1. The van der Waals surface area contributed by atoms with E-state index in [0.717, 1.165) is 11.3 Å². The molecule has 4 rings (SSSR count). The highest BCUT2D eigenvalue weighted by molar-refractivity contribution is 5.81. The van der Waals surface area contributed by atoms with Gasteiger partial charge in [0, 0.05) is 5.56 Å². The number of aromatic nitrogens is 2. The molecule has 0 saturated carbocycles. The number of nitrogens with zero attached hydrogens (tertiary/aromatic N) is 2. The number of hydrogen-bond acceptors (Lipinski definition) is 7. The fourth-order valence-electron chi connectivity index (χ4n) is 2.61. The van der Waals surface area contributed by atoms with Gasteiger partial charge in [0.05, 0.1) is 13.7 Å². The van der Waals surface area contributed by atoms with Gasteiger partial charge in [0.2, 0.25) is 17.8 Å². The van der Waals surface area contributed by atoms with Gasteiger partial charge in [0.15, 0.2) is 11.5 Å². The minimum atomic E-state index is -0.733. The lowest BCUT2D eigenvalue weighted by molar-refractivity contribution is -0.130. The van der Waals surface area contributed by atoms with Gasteiger partial charge in [-0.3, -0.25) is 4.79 Å². The first-order valence-corrected chi connectivity index (χ1v) is 8.36. The minimum Gasteiger partial charge on any atom is -0.497 e. The Morgan fingerprint density at radius 1 is 1.19 bits per heavy atom. The number of para-hydroxylation sites is 2. The molecule has 1 amide bonds. The van der Waals surface area contributed by atoms with Crippen LogP contribution >= 0.6 is 0 Å². The predicted octanol–water partition coefficient (Wildman–Crippen LogP) is 2.20. The van der Waals surface area contributed by atoms with Crippen molar-refractivity contribution in [1.82, 2.24) is 15.5 Å². The van der Waals surface area contributed by atoms with Crippen molar-refractivity contribution in [3.05, 3.63) is 54.4 Å². The standard InChI is InChI=1S/C19H17N3O5/c1-24-13-8-6-12(7-9-13)18-21-17(27-22-18)10-20-19(23)16-11-25-14-4-2-3-5-15(14)26-16/h2-9,16H,10-11H2,1H3,(H,20,23)/t16-/m0/s1. The number of nitrogens with one attached hydrogen (secondary N) is 1. The number of amides is 1. The topological polar surface area (TPSA) is 95.7 Å². The van der Waals surface area contributed by atoms with Crippen molar-refractivity contribution in [3.8, 4) is 28.6 Å². The lowest BCUT2D eigenvalue weighted by Gasteiger charge is -2.25. The molecule has 8 heteroatoms. The van der Waals surface area contributed by atoms with Crippen LogP contribution in [0.5, 0.6) is 17.2 Å². The van der Waals surface area contributed by atoms with E-state index in [0.29, 0.717) is 23.2 Å². The van der Waals surface area contributed by atoms with E-state index >= 15 is 0 Å². The monoisotopic (exact) mass is 367 g/mol. The summed E-state index contributed by atoms with van der Waals surface area (Å²) in [6, 6.07) is 14.5. The van der Waals surface area contributed by atoms with Gasteiger partial charge in [-0.1, -0.05) is 17.3 Å². The Balaban J connectivity index is 1.35. The average Bonchev–Trinajstić information content (AvgIpc) is 3.21. The molecule has 1 aliphatic rings. The Bertz CT molecular complexity index is 939. The van der Waals surface area contributed by atoms with E-state index in [1.54, 1.807) is 19.2 Å². The van der Waals surface area contributed by atoms with Gasteiger partial charge in [-0.05, 0) is 36.4 Å². The Morgan fingerprint density at radius 3 is 2.74 bits per heavy atom. The van der Waals surface area contributed by atoms with Gasteiger partial charge in [0.25, 0.3) is 5.91 Å². The second-order valence-corrected chi connectivity index (χ2v) is 5.82. The van der Waals surface area contributed by atoms with Crippen molar-refractivity contribution in [2.24, 2.45) is 0 Å². The van der Waals surface area contributed by atoms with Crippen LogP contribution in [-0.2, 0) is 11.3 Å². The van der Waals surface area contributed by atoms with Crippen molar-refractivity contribution in [1.29, 1.82) is 0 Å². The molecule has 0 saturated heterocycles. The summed E-state index contributed by atoms with van der Waals surface area (Å²) in [6.07, 6.45) is -0.733. The van der Waals surface area contributed by atoms with Crippen LogP contribution in [0, 0.1) is 0 Å². The van der Waals surface area contributed by atoms with E-state index in [9.17, 15) is 4.79 Å². The summed E-state index contributed by atoms with van der Waals surface area (Å²) in [5.41, 5.74) is 0.790. The summed E-state index contributed by atoms with van der Waals surface area (Å²) in [4.78, 5) is 16.6. The molecule has 2 aromatic carbocycles. The average molecular weight is 367 g/mol. The SMILES string of the molecule is COc1ccc(-c2noc(CNC(=O)[C@@H]3COc4ccccc4O3)n2)cc1. The normalized spacial score (nSPS) is 15.2. The van der Waals surface area contributed by atoms with Crippen LogP contribution in [0.1, 0.15) is 5.89 Å². The van der Waals surface area contributed by atoms with E-state index in [1.165, 1.54) is 0 Å². The van der Waals surface area contributed by atoms with Gasteiger partial charge >= 0.3 is 0 Å². The molecular weight excluding hydrogens is 350 g/mol. The van der Waals surface area contributed by atoms with E-state index in [4.69, 9.17) is 18.7 Å². The van der Waals surface area contributed by atoms with Crippen LogP contribution in [0.3, 0.4) is 0 Å². The molecule has 1 N–H and O–H groups in total. The van der Waals surface area contributed by atoms with E-state index in [1.807, 2.05) is 36.4 Å². The maximum Gasteiger partial charge on any atom is 0.265 e. The molecule has 0 fully saturated rings. The van der Waals surface area contributed by atoms with Gasteiger partial charge < -0.3 is 24.1 Å². The molecule has 2 heterocycles. The molecule has 8 nitrogen and oxygen atoms in total. The third-order valence-corrected chi connectivity index (χ3v) is 4.03. The summed E-state index contributed by atoms with van der Waals surface area (Å²) in [6.45, 7) is 0.243. The Morgan fingerprint density at radius 2 is 1.96 bits per heavy atom. The number of benzene rings is 2. The summed E-state index contributed by atoms with van der Waals surface area (Å²) in [7, 11) is 1.60. The second kappa shape index (κ2) is 7.36. The molecule has 1 aromatic heterocycles. The molecular formula is C19H17N3O5. The highest BCUT2D eigenvalue weighted by Gasteiger charge is 2.27. The summed E-state index contributed by atoms with van der Waals surface area (Å²) in [5.74, 6) is 2.34. The highest BCUT2D eigenvalue weighted by Crippen LogP contribution is 2.30. The van der Waals surface area contributed by atoms with Gasteiger partial charge in [-0.2, -0.15) is 4.98 Å². The van der Waals surface area contributed by atoms with Crippen molar-refractivity contribution >= 4 is 5.91 Å².